The van der Waals surface area contributed by atoms with Gasteiger partial charge in [0, 0.05) is 6.54 Å². The normalized spacial score (nSPS) is 13.3. The fourth-order valence-corrected chi connectivity index (χ4v) is 1.42. The van der Waals surface area contributed by atoms with Crippen LogP contribution in [-0.2, 0) is 9.47 Å². The van der Waals surface area contributed by atoms with Gasteiger partial charge in [0.25, 0.3) is 0 Å². The van der Waals surface area contributed by atoms with Crippen molar-refractivity contribution in [3.63, 3.8) is 0 Å². The maximum Gasteiger partial charge on any atom is 0.407 e. The highest BCUT2D eigenvalue weighted by Gasteiger charge is 2.21. The highest BCUT2D eigenvalue weighted by atomic mass is 16.6. The second-order valence-corrected chi connectivity index (χ2v) is 6.80. The minimum atomic E-state index is -0.573. The molecule has 4 N–H and O–H groups in total. The standard InChI is InChI=1S/C14H29N3O4/c1-13(2,3)20-11(18)16-9-10(7-8-15)17-12(19)21-14(4,5)6/h10H,7-9,15H2,1-6H3,(H,16,18)(H,17,19)/t10-/m1/s1. The zero-order chi connectivity index (χ0) is 16.7. The third kappa shape index (κ3) is 12.0. The van der Waals surface area contributed by atoms with E-state index in [4.69, 9.17) is 15.2 Å². The van der Waals surface area contributed by atoms with Crippen molar-refractivity contribution in [3.8, 4) is 0 Å². The summed E-state index contributed by atoms with van der Waals surface area (Å²) < 4.78 is 10.3. The van der Waals surface area contributed by atoms with Crippen molar-refractivity contribution in [1.82, 2.24) is 10.6 Å². The van der Waals surface area contributed by atoms with Gasteiger partial charge in [-0.25, -0.2) is 9.59 Å². The summed E-state index contributed by atoms with van der Waals surface area (Å²) in [6.45, 7) is 11.3. The molecule has 0 fully saturated rings. The Bertz CT molecular complexity index is 345. The van der Waals surface area contributed by atoms with Crippen LogP contribution in [0.3, 0.4) is 0 Å². The van der Waals surface area contributed by atoms with E-state index in [9.17, 15) is 9.59 Å². The van der Waals surface area contributed by atoms with Crippen LogP contribution in [0.1, 0.15) is 48.0 Å². The highest BCUT2D eigenvalue weighted by molar-refractivity contribution is 5.69. The molecule has 0 saturated heterocycles. The van der Waals surface area contributed by atoms with Crippen molar-refractivity contribution >= 4 is 12.2 Å². The molecule has 124 valence electrons. The molecule has 0 unspecified atom stereocenters. The van der Waals surface area contributed by atoms with E-state index in [-0.39, 0.29) is 12.6 Å². The summed E-state index contributed by atoms with van der Waals surface area (Å²) in [7, 11) is 0. The van der Waals surface area contributed by atoms with E-state index in [0.717, 1.165) is 0 Å². The molecule has 0 saturated carbocycles. The summed E-state index contributed by atoms with van der Waals surface area (Å²) in [6, 6.07) is -0.308. The number of ether oxygens (including phenoxy) is 2. The number of hydrogen-bond donors (Lipinski definition) is 3. The second kappa shape index (κ2) is 8.07. The number of amides is 2. The van der Waals surface area contributed by atoms with E-state index in [2.05, 4.69) is 10.6 Å². The van der Waals surface area contributed by atoms with Gasteiger partial charge in [-0.1, -0.05) is 0 Å². The summed E-state index contributed by atoms with van der Waals surface area (Å²) in [5, 5.41) is 5.29. The van der Waals surface area contributed by atoms with Crippen LogP contribution in [0.15, 0.2) is 0 Å². The predicted octanol–water partition coefficient (Wildman–Crippen LogP) is 1.75. The topological polar surface area (TPSA) is 103 Å². The Morgan fingerprint density at radius 2 is 1.48 bits per heavy atom. The van der Waals surface area contributed by atoms with Crippen LogP contribution in [0.25, 0.3) is 0 Å². The third-order valence-corrected chi connectivity index (χ3v) is 2.13. The van der Waals surface area contributed by atoms with E-state index in [1.54, 1.807) is 41.5 Å². The lowest BCUT2D eigenvalue weighted by Gasteiger charge is -2.24. The van der Waals surface area contributed by atoms with Gasteiger partial charge >= 0.3 is 12.2 Å². The van der Waals surface area contributed by atoms with Crippen LogP contribution in [0.4, 0.5) is 9.59 Å². The van der Waals surface area contributed by atoms with Crippen LogP contribution in [0.5, 0.6) is 0 Å². The molecule has 0 aromatic rings. The minimum Gasteiger partial charge on any atom is -0.444 e. The number of nitrogens with one attached hydrogen (secondary N) is 2. The first kappa shape index (κ1) is 19.5. The Hall–Kier alpha value is -1.50. The molecule has 7 heteroatoms. The monoisotopic (exact) mass is 303 g/mol. The lowest BCUT2D eigenvalue weighted by molar-refractivity contribution is 0.0461. The zero-order valence-corrected chi connectivity index (χ0v) is 13.9. The van der Waals surface area contributed by atoms with E-state index in [1.165, 1.54) is 0 Å². The predicted molar refractivity (Wildman–Crippen MR) is 81.1 cm³/mol. The molecule has 0 aliphatic carbocycles. The van der Waals surface area contributed by atoms with Crippen LogP contribution >= 0.6 is 0 Å². The van der Waals surface area contributed by atoms with Crippen molar-refractivity contribution in [3.05, 3.63) is 0 Å². The van der Waals surface area contributed by atoms with Crippen molar-refractivity contribution < 1.29 is 19.1 Å². The average molecular weight is 303 g/mol. The van der Waals surface area contributed by atoms with E-state index in [1.807, 2.05) is 0 Å². The molecule has 0 rings (SSSR count). The van der Waals surface area contributed by atoms with Gasteiger partial charge in [-0.3, -0.25) is 0 Å². The Labute approximate surface area is 126 Å². The SMILES string of the molecule is CC(C)(C)OC(=O)NC[C@@H](CCN)NC(=O)OC(C)(C)C. The molecule has 0 spiro atoms. The second-order valence-electron chi connectivity index (χ2n) is 6.80. The van der Waals surface area contributed by atoms with Gasteiger partial charge in [0.15, 0.2) is 0 Å². The summed E-state index contributed by atoms with van der Waals surface area (Å²) in [5.41, 5.74) is 4.37. The molecule has 7 nitrogen and oxygen atoms in total. The maximum atomic E-state index is 11.7. The molecule has 0 heterocycles. The van der Waals surface area contributed by atoms with E-state index < -0.39 is 23.4 Å². The summed E-state index contributed by atoms with van der Waals surface area (Å²) in [5.74, 6) is 0. The molecular formula is C14H29N3O4. The summed E-state index contributed by atoms with van der Waals surface area (Å²) in [6.07, 6.45) is -0.544. The van der Waals surface area contributed by atoms with Crippen LogP contribution in [-0.4, -0.2) is 42.5 Å². The number of carbonyl (C=O) groups excluding carboxylic acids is 2. The number of nitrogens with two attached hydrogens (primary N) is 1. The van der Waals surface area contributed by atoms with Crippen LogP contribution < -0.4 is 16.4 Å². The van der Waals surface area contributed by atoms with Gasteiger partial charge in [-0.2, -0.15) is 0 Å². The lowest BCUT2D eigenvalue weighted by atomic mass is 10.2. The molecular weight excluding hydrogens is 274 g/mol. The Balaban J connectivity index is 4.31. The number of alkyl carbamates (subject to hydrolysis) is 2. The van der Waals surface area contributed by atoms with Gasteiger partial charge in [0.1, 0.15) is 11.2 Å². The average Bonchev–Trinajstić information content (AvgIpc) is 2.21. The molecule has 0 radical (unpaired) electrons. The first-order valence-electron chi connectivity index (χ1n) is 7.09. The number of carbonyl (C=O) groups is 2. The van der Waals surface area contributed by atoms with Gasteiger partial charge in [-0.05, 0) is 54.5 Å². The van der Waals surface area contributed by atoms with Crippen molar-refractivity contribution in [2.75, 3.05) is 13.1 Å². The van der Waals surface area contributed by atoms with Crippen LogP contribution in [0.2, 0.25) is 0 Å². The first-order valence-corrected chi connectivity index (χ1v) is 7.09. The lowest BCUT2D eigenvalue weighted by Crippen LogP contribution is -2.47. The fraction of sp³-hybridized carbons (Fsp3) is 0.857. The summed E-state index contributed by atoms with van der Waals surface area (Å²) >= 11 is 0. The van der Waals surface area contributed by atoms with Gasteiger partial charge in [-0.15, -0.1) is 0 Å². The van der Waals surface area contributed by atoms with Crippen LogP contribution in [0, 0.1) is 0 Å². The Kier molecular flexibility index (Phi) is 7.49. The van der Waals surface area contributed by atoms with Gasteiger partial charge < -0.3 is 25.8 Å². The quantitative estimate of drug-likeness (QED) is 0.718. The molecule has 0 aliphatic heterocycles. The third-order valence-electron chi connectivity index (χ3n) is 2.13. The molecule has 1 atom stereocenters. The number of rotatable bonds is 5. The molecule has 2 amide bonds. The van der Waals surface area contributed by atoms with Gasteiger partial charge in [0.05, 0.1) is 6.04 Å². The Morgan fingerprint density at radius 3 is 1.90 bits per heavy atom. The smallest absolute Gasteiger partial charge is 0.407 e. The maximum absolute atomic E-state index is 11.7. The first-order chi connectivity index (χ1) is 9.43. The highest BCUT2D eigenvalue weighted by Crippen LogP contribution is 2.08. The van der Waals surface area contributed by atoms with Crippen molar-refractivity contribution in [1.29, 1.82) is 0 Å². The Morgan fingerprint density at radius 1 is 1.00 bits per heavy atom. The van der Waals surface area contributed by atoms with E-state index >= 15 is 0 Å². The fourth-order valence-electron chi connectivity index (χ4n) is 1.42. The molecule has 0 bridgehead atoms. The number of hydrogen-bond acceptors (Lipinski definition) is 5. The molecule has 0 aliphatic rings. The largest absolute Gasteiger partial charge is 0.444 e. The molecule has 21 heavy (non-hydrogen) atoms. The molecule has 0 aromatic carbocycles. The minimum absolute atomic E-state index is 0.228. The van der Waals surface area contributed by atoms with Gasteiger partial charge in [0.2, 0.25) is 0 Å². The molecule has 0 aromatic heterocycles. The van der Waals surface area contributed by atoms with Crippen molar-refractivity contribution in [2.24, 2.45) is 5.73 Å². The van der Waals surface area contributed by atoms with E-state index in [0.29, 0.717) is 13.0 Å². The zero-order valence-electron chi connectivity index (χ0n) is 13.9. The summed E-state index contributed by atoms with van der Waals surface area (Å²) in [4.78, 5) is 23.3. The van der Waals surface area contributed by atoms with Crippen molar-refractivity contribution in [2.45, 2.75) is 65.2 Å².